The van der Waals surface area contributed by atoms with Gasteiger partial charge in [-0.25, -0.2) is 15.0 Å². The number of hydrogen-bond acceptors (Lipinski definition) is 6. The second kappa shape index (κ2) is 9.44. The molecule has 0 aliphatic heterocycles. The van der Waals surface area contributed by atoms with Gasteiger partial charge in [-0.05, 0) is 69.9 Å². The molecule has 0 spiro atoms. The minimum atomic E-state index is 0.567. The van der Waals surface area contributed by atoms with Crippen LogP contribution >= 0.6 is 0 Å². The van der Waals surface area contributed by atoms with Crippen LogP contribution in [-0.2, 0) is 0 Å². The molecular formula is C42H22N4O2. The van der Waals surface area contributed by atoms with Crippen molar-refractivity contribution >= 4 is 54.6 Å². The van der Waals surface area contributed by atoms with Gasteiger partial charge in [0.05, 0.1) is 0 Å². The van der Waals surface area contributed by atoms with E-state index < -0.39 is 0 Å². The van der Waals surface area contributed by atoms with E-state index >= 15 is 0 Å². The summed E-state index contributed by atoms with van der Waals surface area (Å²) < 4.78 is 12.5. The van der Waals surface area contributed by atoms with E-state index in [0.717, 1.165) is 71.5 Å². The van der Waals surface area contributed by atoms with E-state index in [9.17, 15) is 0 Å². The Kier molecular flexibility index (Phi) is 5.02. The maximum Gasteiger partial charge on any atom is 0.164 e. The van der Waals surface area contributed by atoms with Gasteiger partial charge in [0, 0.05) is 56.2 Å². The summed E-state index contributed by atoms with van der Waals surface area (Å²) in [7, 11) is 0. The fourth-order valence-electron chi connectivity index (χ4n) is 7.47. The predicted molar refractivity (Wildman–Crippen MR) is 190 cm³/mol. The molecule has 0 unspecified atom stereocenters. The minimum absolute atomic E-state index is 0.567. The molecule has 6 nitrogen and oxygen atoms in total. The van der Waals surface area contributed by atoms with Crippen LogP contribution < -0.4 is 0 Å². The van der Waals surface area contributed by atoms with Crippen molar-refractivity contribution in [2.24, 2.45) is 0 Å². The second-order valence-corrected chi connectivity index (χ2v) is 12.2. The first kappa shape index (κ1) is 25.5. The third kappa shape index (κ3) is 3.51. The molecule has 48 heavy (non-hydrogen) atoms. The molecule has 1 aliphatic carbocycles. The molecule has 0 radical (unpaired) electrons. The first-order chi connectivity index (χ1) is 23.8. The molecule has 0 saturated carbocycles. The highest BCUT2D eigenvalue weighted by atomic mass is 16.3. The van der Waals surface area contributed by atoms with Gasteiger partial charge in [0.2, 0.25) is 0 Å². The fraction of sp³-hybridized carbons (Fsp3) is 0. The third-order valence-electron chi connectivity index (χ3n) is 9.60. The Hall–Kier alpha value is -6.66. The zero-order valence-electron chi connectivity index (χ0n) is 25.3. The number of hydrogen-bond donors (Lipinski definition) is 0. The zero-order valence-corrected chi connectivity index (χ0v) is 25.3. The molecule has 0 fully saturated rings. The second-order valence-electron chi connectivity index (χ2n) is 12.2. The maximum absolute atomic E-state index is 6.27. The number of pyridine rings is 1. The van der Waals surface area contributed by atoms with Crippen molar-refractivity contribution in [3.63, 3.8) is 0 Å². The lowest BCUT2D eigenvalue weighted by Gasteiger charge is -2.12. The van der Waals surface area contributed by atoms with Crippen LogP contribution in [0.2, 0.25) is 0 Å². The molecule has 11 rings (SSSR count). The lowest BCUT2D eigenvalue weighted by Crippen LogP contribution is -2.01. The number of fused-ring (bicyclic) bond motifs is 9. The number of furan rings is 2. The van der Waals surface area contributed by atoms with E-state index in [-0.39, 0.29) is 0 Å². The highest BCUT2D eigenvalue weighted by Gasteiger charge is 2.25. The number of nitrogens with zero attached hydrogens (tertiary/aromatic N) is 4. The van der Waals surface area contributed by atoms with E-state index in [1.54, 1.807) is 0 Å². The van der Waals surface area contributed by atoms with E-state index in [2.05, 4.69) is 71.7 Å². The van der Waals surface area contributed by atoms with Gasteiger partial charge in [0.1, 0.15) is 22.3 Å². The fourth-order valence-corrected chi connectivity index (χ4v) is 7.47. The van der Waals surface area contributed by atoms with E-state index in [1.165, 1.54) is 22.1 Å². The summed E-state index contributed by atoms with van der Waals surface area (Å²) in [4.78, 5) is 20.0. The molecule has 10 aromatic rings. The smallest absolute Gasteiger partial charge is 0.164 e. The standard InChI is InChI=1S/C42H22N4O2/c1-3-12-34-25(7-1)26-16-15-23(21-37(26)48-34)40-44-41(30-18-17-29-33-22-43-20-19-24(33)27-9-5-10-28(30)38(27)29)46-42(45-40)32-11-6-14-36-39(32)31-8-2-4-13-35(31)47-36/h1-22H. The third-order valence-corrected chi connectivity index (χ3v) is 9.60. The van der Waals surface area contributed by atoms with Crippen molar-refractivity contribution in [3.05, 3.63) is 134 Å². The molecule has 1 aliphatic rings. The van der Waals surface area contributed by atoms with Crippen molar-refractivity contribution in [1.82, 2.24) is 19.9 Å². The van der Waals surface area contributed by atoms with Crippen molar-refractivity contribution in [2.45, 2.75) is 0 Å². The van der Waals surface area contributed by atoms with Crippen LogP contribution in [0.5, 0.6) is 0 Å². The Morgan fingerprint density at radius 3 is 1.94 bits per heavy atom. The van der Waals surface area contributed by atoms with Crippen molar-refractivity contribution < 1.29 is 8.83 Å². The first-order valence-electron chi connectivity index (χ1n) is 15.9. The average Bonchev–Trinajstić information content (AvgIpc) is 3.82. The van der Waals surface area contributed by atoms with E-state index in [0.29, 0.717) is 17.5 Å². The Balaban J connectivity index is 1.19. The average molecular weight is 615 g/mol. The molecule has 222 valence electrons. The maximum atomic E-state index is 6.27. The Bertz CT molecular complexity index is 2940. The molecule has 0 bridgehead atoms. The summed E-state index contributed by atoms with van der Waals surface area (Å²) in [5.41, 5.74) is 10.6. The van der Waals surface area contributed by atoms with Crippen LogP contribution in [0.4, 0.5) is 0 Å². The van der Waals surface area contributed by atoms with Crippen molar-refractivity contribution in [3.8, 4) is 56.4 Å². The van der Waals surface area contributed by atoms with Gasteiger partial charge in [0.25, 0.3) is 0 Å². The predicted octanol–water partition coefficient (Wildman–Crippen LogP) is 10.9. The molecule has 6 heteroatoms. The van der Waals surface area contributed by atoms with Gasteiger partial charge in [-0.3, -0.25) is 4.98 Å². The number of benzene rings is 6. The quantitative estimate of drug-likeness (QED) is 0.197. The molecule has 0 saturated heterocycles. The molecule has 6 aromatic carbocycles. The highest BCUT2D eigenvalue weighted by Crippen LogP contribution is 2.49. The van der Waals surface area contributed by atoms with Crippen molar-refractivity contribution in [1.29, 1.82) is 0 Å². The van der Waals surface area contributed by atoms with E-state index in [4.69, 9.17) is 23.8 Å². The summed E-state index contributed by atoms with van der Waals surface area (Å²) in [5.74, 6) is 1.74. The first-order valence-corrected chi connectivity index (χ1v) is 15.9. The van der Waals surface area contributed by atoms with Crippen LogP contribution in [-0.4, -0.2) is 19.9 Å². The summed E-state index contributed by atoms with van der Waals surface area (Å²) >= 11 is 0. The van der Waals surface area contributed by atoms with Crippen LogP contribution in [0.3, 0.4) is 0 Å². The Morgan fingerprint density at radius 2 is 1.02 bits per heavy atom. The number of aromatic nitrogens is 4. The Labute approximate surface area is 273 Å². The Morgan fingerprint density at radius 1 is 0.375 bits per heavy atom. The summed E-state index contributed by atoms with van der Waals surface area (Å²) in [6, 6.07) is 41.3. The largest absolute Gasteiger partial charge is 0.456 e. The molecule has 4 heterocycles. The van der Waals surface area contributed by atoms with Gasteiger partial charge < -0.3 is 8.83 Å². The normalized spacial score (nSPS) is 12.2. The molecule has 0 atom stereocenters. The molecular weight excluding hydrogens is 592 g/mol. The molecule has 0 amide bonds. The molecule has 0 N–H and O–H groups in total. The monoisotopic (exact) mass is 614 g/mol. The highest BCUT2D eigenvalue weighted by molar-refractivity contribution is 6.18. The summed E-state index contributed by atoms with van der Waals surface area (Å²) in [6.45, 7) is 0. The van der Waals surface area contributed by atoms with E-state index in [1.807, 2.05) is 67.0 Å². The van der Waals surface area contributed by atoms with Crippen molar-refractivity contribution in [2.75, 3.05) is 0 Å². The minimum Gasteiger partial charge on any atom is -0.456 e. The van der Waals surface area contributed by atoms with Crippen LogP contribution in [0.1, 0.15) is 0 Å². The van der Waals surface area contributed by atoms with Crippen LogP contribution in [0.25, 0.3) is 111 Å². The molecule has 4 aromatic heterocycles. The van der Waals surface area contributed by atoms with Crippen LogP contribution in [0, 0.1) is 0 Å². The van der Waals surface area contributed by atoms with Crippen LogP contribution in [0.15, 0.2) is 143 Å². The summed E-state index contributed by atoms with van der Waals surface area (Å²) in [6.07, 6.45) is 3.81. The van der Waals surface area contributed by atoms with Gasteiger partial charge >= 0.3 is 0 Å². The number of rotatable bonds is 3. The lowest BCUT2D eigenvalue weighted by molar-refractivity contribution is 0.668. The number of para-hydroxylation sites is 2. The lowest BCUT2D eigenvalue weighted by atomic mass is 9.98. The summed E-state index contributed by atoms with van der Waals surface area (Å²) in [5, 5.41) is 6.41. The van der Waals surface area contributed by atoms with Gasteiger partial charge in [-0.2, -0.15) is 0 Å². The van der Waals surface area contributed by atoms with Gasteiger partial charge in [-0.1, -0.05) is 78.9 Å². The topological polar surface area (TPSA) is 77.8 Å². The SMILES string of the molecule is c1ccc2c(c1)oc1cc(-c3nc(-c4ccc5c6c(cccc46)-c4ccncc4-5)nc(-c4cccc5oc6ccccc6c45)n3)ccc12. The van der Waals surface area contributed by atoms with Gasteiger partial charge in [0.15, 0.2) is 17.5 Å². The zero-order chi connectivity index (χ0) is 31.3. The van der Waals surface area contributed by atoms with Gasteiger partial charge in [-0.15, -0.1) is 0 Å².